The Morgan fingerprint density at radius 1 is 1.19 bits per heavy atom. The number of aromatic nitrogens is 1. The van der Waals surface area contributed by atoms with E-state index in [1.54, 1.807) is 0 Å². The molecule has 0 radical (unpaired) electrons. The molecule has 2 fully saturated rings. The summed E-state index contributed by atoms with van der Waals surface area (Å²) in [4.78, 5) is 17.8. The van der Waals surface area contributed by atoms with Crippen molar-refractivity contribution in [2.24, 2.45) is 0 Å². The van der Waals surface area contributed by atoms with E-state index < -0.39 is 10.0 Å². The molecule has 0 bridgehead atoms. The molecule has 2 aliphatic rings. The number of hydrogen-bond acceptors (Lipinski definition) is 4. The number of nitrogens with zero attached hydrogens (tertiary/aromatic N) is 2. The Bertz CT molecular complexity index is 900. The summed E-state index contributed by atoms with van der Waals surface area (Å²) in [5.74, 6) is -0.162. The fraction of sp³-hybridized carbons (Fsp3) is 0.421. The predicted octanol–water partition coefficient (Wildman–Crippen LogP) is 1.84. The van der Waals surface area contributed by atoms with Gasteiger partial charge >= 0.3 is 0 Å². The molecule has 1 aromatic heterocycles. The molecule has 0 spiro atoms. The average Bonchev–Trinajstić information content (AvgIpc) is 3.41. The number of morpholine rings is 1. The van der Waals surface area contributed by atoms with Crippen LogP contribution < -0.4 is 0 Å². The summed E-state index contributed by atoms with van der Waals surface area (Å²) in [6, 6.07) is 11.5. The zero-order valence-corrected chi connectivity index (χ0v) is 15.8. The largest absolute Gasteiger partial charge is 0.379 e. The third-order valence-corrected chi connectivity index (χ3v) is 6.82. The first kappa shape index (κ1) is 18.2. The topological polar surface area (TPSA) is 82.7 Å². The van der Waals surface area contributed by atoms with Crippen LogP contribution in [0.3, 0.4) is 0 Å². The van der Waals surface area contributed by atoms with Crippen molar-refractivity contribution in [3.63, 3.8) is 0 Å². The predicted molar refractivity (Wildman–Crippen MR) is 99.7 cm³/mol. The van der Waals surface area contributed by atoms with Crippen LogP contribution in [0.15, 0.2) is 47.5 Å². The lowest BCUT2D eigenvalue weighted by molar-refractivity contribution is 0.0723. The minimum Gasteiger partial charge on any atom is -0.379 e. The van der Waals surface area contributed by atoms with Crippen molar-refractivity contribution >= 4 is 15.9 Å². The molecule has 2 heterocycles. The van der Waals surface area contributed by atoms with Crippen molar-refractivity contribution < 1.29 is 17.9 Å². The number of carbonyl (C=O) groups excluding carboxylic acids is 1. The molecule has 0 unspecified atom stereocenters. The van der Waals surface area contributed by atoms with Crippen LogP contribution in [0.1, 0.15) is 28.9 Å². The molecule has 0 atom stereocenters. The number of carbonyl (C=O) groups is 1. The number of hydrogen-bond donors (Lipinski definition) is 1. The second kappa shape index (κ2) is 7.46. The van der Waals surface area contributed by atoms with Crippen LogP contribution in [-0.2, 0) is 21.3 Å². The Morgan fingerprint density at radius 3 is 2.56 bits per heavy atom. The number of amides is 1. The van der Waals surface area contributed by atoms with Gasteiger partial charge in [-0.15, -0.1) is 0 Å². The lowest BCUT2D eigenvalue weighted by atomic mass is 10.2. The molecule has 144 valence electrons. The maximum absolute atomic E-state index is 13.0. The van der Waals surface area contributed by atoms with Crippen LogP contribution in [0, 0.1) is 0 Å². The highest BCUT2D eigenvalue weighted by atomic mass is 32.2. The second-order valence-corrected chi connectivity index (χ2v) is 8.85. The normalized spacial score (nSPS) is 18.4. The van der Waals surface area contributed by atoms with Gasteiger partial charge in [-0.3, -0.25) is 4.79 Å². The van der Waals surface area contributed by atoms with Crippen LogP contribution in [-0.4, -0.2) is 60.9 Å². The number of nitrogens with one attached hydrogen (secondary N) is 1. The molecule has 1 aliphatic carbocycles. The molecule has 2 aromatic rings. The Morgan fingerprint density at radius 2 is 1.89 bits per heavy atom. The van der Waals surface area contributed by atoms with Crippen molar-refractivity contribution in [3.05, 3.63) is 53.9 Å². The monoisotopic (exact) mass is 389 g/mol. The highest BCUT2D eigenvalue weighted by Crippen LogP contribution is 2.30. The lowest BCUT2D eigenvalue weighted by Gasteiger charge is -2.25. The summed E-state index contributed by atoms with van der Waals surface area (Å²) in [5.41, 5.74) is 1.37. The smallest absolute Gasteiger partial charge is 0.270 e. The van der Waals surface area contributed by atoms with Gasteiger partial charge in [0.1, 0.15) is 10.6 Å². The standard InChI is InChI=1S/C19H23N3O4S/c23-19(22(16-6-7-16)14-15-4-2-1-3-5-15)18-12-17(13-20-18)27(24,25)21-8-10-26-11-9-21/h1-5,12-13,16,20H,6-11,14H2. The Hall–Kier alpha value is -2.16. The molecule has 4 rings (SSSR count). The summed E-state index contributed by atoms with van der Waals surface area (Å²) >= 11 is 0. The van der Waals surface area contributed by atoms with E-state index in [-0.39, 0.29) is 16.8 Å². The van der Waals surface area contributed by atoms with E-state index >= 15 is 0 Å². The molecule has 1 aliphatic heterocycles. The highest BCUT2D eigenvalue weighted by molar-refractivity contribution is 7.89. The Kier molecular flexibility index (Phi) is 5.03. The first-order valence-electron chi connectivity index (χ1n) is 9.17. The number of rotatable bonds is 6. The number of ether oxygens (including phenoxy) is 1. The van der Waals surface area contributed by atoms with Crippen molar-refractivity contribution in [2.75, 3.05) is 26.3 Å². The number of benzene rings is 1. The van der Waals surface area contributed by atoms with Crippen molar-refractivity contribution in [1.29, 1.82) is 0 Å². The first-order chi connectivity index (χ1) is 13.1. The Balaban J connectivity index is 1.53. The van der Waals surface area contributed by atoms with E-state index in [9.17, 15) is 13.2 Å². The van der Waals surface area contributed by atoms with E-state index in [1.165, 1.54) is 16.6 Å². The first-order valence-corrected chi connectivity index (χ1v) is 10.6. The third-order valence-electron chi connectivity index (χ3n) is 4.94. The van der Waals surface area contributed by atoms with E-state index in [0.29, 0.717) is 38.5 Å². The van der Waals surface area contributed by atoms with Crippen LogP contribution >= 0.6 is 0 Å². The van der Waals surface area contributed by atoms with Gasteiger partial charge in [-0.25, -0.2) is 8.42 Å². The summed E-state index contributed by atoms with van der Waals surface area (Å²) < 4.78 is 32.1. The summed E-state index contributed by atoms with van der Waals surface area (Å²) in [6.45, 7) is 1.97. The quantitative estimate of drug-likeness (QED) is 0.817. The minimum absolute atomic E-state index is 0.128. The highest BCUT2D eigenvalue weighted by Gasteiger charge is 2.34. The molecule has 7 nitrogen and oxygen atoms in total. The Labute approximate surface area is 159 Å². The molecule has 1 amide bonds. The number of sulfonamides is 1. The summed E-state index contributed by atoms with van der Waals surface area (Å²) in [6.07, 6.45) is 3.38. The van der Waals surface area contributed by atoms with Gasteiger partial charge in [0.25, 0.3) is 5.91 Å². The zero-order chi connectivity index (χ0) is 18.9. The zero-order valence-electron chi connectivity index (χ0n) is 15.0. The van der Waals surface area contributed by atoms with Gasteiger partial charge in [-0.05, 0) is 24.5 Å². The van der Waals surface area contributed by atoms with Crippen molar-refractivity contribution in [1.82, 2.24) is 14.2 Å². The van der Waals surface area contributed by atoms with Gasteiger partial charge in [-0.1, -0.05) is 30.3 Å². The number of aromatic amines is 1. The van der Waals surface area contributed by atoms with Gasteiger partial charge in [0.05, 0.1) is 13.2 Å². The maximum atomic E-state index is 13.0. The molecule has 1 saturated carbocycles. The SMILES string of the molecule is O=C(c1cc(S(=O)(=O)N2CCOCC2)c[nH]1)N(Cc1ccccc1)C1CC1. The number of H-pyrrole nitrogens is 1. The van der Waals surface area contributed by atoms with Crippen LogP contribution in [0.5, 0.6) is 0 Å². The molecule has 1 aromatic carbocycles. The van der Waals surface area contributed by atoms with Crippen LogP contribution in [0.2, 0.25) is 0 Å². The van der Waals surface area contributed by atoms with E-state index in [2.05, 4.69) is 4.98 Å². The van der Waals surface area contributed by atoms with E-state index in [0.717, 1.165) is 18.4 Å². The fourth-order valence-electron chi connectivity index (χ4n) is 3.27. The lowest BCUT2D eigenvalue weighted by Crippen LogP contribution is -2.40. The van der Waals surface area contributed by atoms with Gasteiger partial charge in [-0.2, -0.15) is 4.31 Å². The van der Waals surface area contributed by atoms with Gasteiger partial charge in [0.15, 0.2) is 0 Å². The van der Waals surface area contributed by atoms with Gasteiger partial charge < -0.3 is 14.6 Å². The van der Waals surface area contributed by atoms with Crippen molar-refractivity contribution in [2.45, 2.75) is 30.3 Å². The second-order valence-electron chi connectivity index (χ2n) is 6.92. The summed E-state index contributed by atoms with van der Waals surface area (Å²) in [5, 5.41) is 0. The third kappa shape index (κ3) is 3.92. The maximum Gasteiger partial charge on any atom is 0.270 e. The fourth-order valence-corrected chi connectivity index (χ4v) is 4.67. The molecule has 8 heteroatoms. The molecule has 1 N–H and O–H groups in total. The molecular formula is C19H23N3O4S. The van der Waals surface area contributed by atoms with E-state index in [1.807, 2.05) is 35.2 Å². The summed E-state index contributed by atoms with van der Waals surface area (Å²) in [7, 11) is -3.61. The van der Waals surface area contributed by atoms with Crippen LogP contribution in [0.4, 0.5) is 0 Å². The molecule has 1 saturated heterocycles. The van der Waals surface area contributed by atoms with Gasteiger partial charge in [0.2, 0.25) is 10.0 Å². The minimum atomic E-state index is -3.61. The average molecular weight is 389 g/mol. The van der Waals surface area contributed by atoms with E-state index in [4.69, 9.17) is 4.74 Å². The molecular weight excluding hydrogens is 366 g/mol. The van der Waals surface area contributed by atoms with Gasteiger partial charge in [0, 0.05) is 31.9 Å². The van der Waals surface area contributed by atoms with Crippen molar-refractivity contribution in [3.8, 4) is 0 Å². The van der Waals surface area contributed by atoms with Crippen LogP contribution in [0.25, 0.3) is 0 Å². The molecule has 27 heavy (non-hydrogen) atoms.